The van der Waals surface area contributed by atoms with Crippen LogP contribution in [0.25, 0.3) is 0 Å². The SMILES string of the molecule is CC1CCC(CN)(Nc2cc(=O)[nH]c(C3CC3)n2)CC1. The van der Waals surface area contributed by atoms with Gasteiger partial charge in [-0.15, -0.1) is 0 Å². The first-order valence-electron chi connectivity index (χ1n) is 7.70. The summed E-state index contributed by atoms with van der Waals surface area (Å²) in [5.74, 6) is 2.74. The van der Waals surface area contributed by atoms with E-state index in [0.717, 1.165) is 37.4 Å². The van der Waals surface area contributed by atoms with Crippen LogP contribution in [0, 0.1) is 5.92 Å². The van der Waals surface area contributed by atoms with Crippen LogP contribution in [0.4, 0.5) is 5.82 Å². The molecule has 20 heavy (non-hydrogen) atoms. The highest BCUT2D eigenvalue weighted by Gasteiger charge is 2.34. The van der Waals surface area contributed by atoms with Crippen molar-refractivity contribution >= 4 is 5.82 Å². The molecule has 0 aromatic carbocycles. The summed E-state index contributed by atoms with van der Waals surface area (Å²) in [6.45, 7) is 2.88. The van der Waals surface area contributed by atoms with Crippen LogP contribution in [0.2, 0.25) is 0 Å². The molecule has 5 heteroatoms. The van der Waals surface area contributed by atoms with E-state index in [1.807, 2.05) is 0 Å². The molecule has 0 saturated heterocycles. The smallest absolute Gasteiger partial charge is 0.252 e. The fourth-order valence-electron chi connectivity index (χ4n) is 3.06. The molecule has 0 unspecified atom stereocenters. The van der Waals surface area contributed by atoms with Gasteiger partial charge in [0, 0.05) is 18.5 Å². The molecule has 2 aliphatic carbocycles. The molecule has 110 valence electrons. The molecule has 0 aliphatic heterocycles. The summed E-state index contributed by atoms with van der Waals surface area (Å²) in [7, 11) is 0. The second-order valence-electron chi connectivity index (χ2n) is 6.58. The van der Waals surface area contributed by atoms with Crippen LogP contribution in [0.5, 0.6) is 0 Å². The first-order valence-corrected chi connectivity index (χ1v) is 7.70. The van der Waals surface area contributed by atoms with Crippen molar-refractivity contribution in [1.29, 1.82) is 0 Å². The minimum atomic E-state index is -0.0892. The lowest BCUT2D eigenvalue weighted by Crippen LogP contribution is -2.48. The molecule has 0 amide bonds. The van der Waals surface area contributed by atoms with Crippen LogP contribution < -0.4 is 16.6 Å². The van der Waals surface area contributed by atoms with Crippen LogP contribution >= 0.6 is 0 Å². The standard InChI is InChI=1S/C15H24N4O/c1-10-4-6-15(9-16,7-5-10)19-12-8-13(20)18-14(17-12)11-2-3-11/h8,10-11H,2-7,9,16H2,1H3,(H2,17,18,19,20). The van der Waals surface area contributed by atoms with E-state index in [9.17, 15) is 4.79 Å². The van der Waals surface area contributed by atoms with Crippen molar-refractivity contribution in [2.75, 3.05) is 11.9 Å². The number of hydrogen-bond acceptors (Lipinski definition) is 4. The number of hydrogen-bond donors (Lipinski definition) is 3. The third kappa shape index (κ3) is 2.87. The lowest BCUT2D eigenvalue weighted by atomic mass is 9.77. The van der Waals surface area contributed by atoms with Gasteiger partial charge in [0.2, 0.25) is 0 Å². The van der Waals surface area contributed by atoms with Gasteiger partial charge in [-0.3, -0.25) is 4.79 Å². The molecule has 0 radical (unpaired) electrons. The number of aromatic nitrogens is 2. The Morgan fingerprint density at radius 3 is 2.70 bits per heavy atom. The van der Waals surface area contributed by atoms with Crippen molar-refractivity contribution in [3.63, 3.8) is 0 Å². The van der Waals surface area contributed by atoms with Gasteiger partial charge in [-0.05, 0) is 44.4 Å². The lowest BCUT2D eigenvalue weighted by molar-refractivity contribution is 0.271. The minimum absolute atomic E-state index is 0.0688. The van der Waals surface area contributed by atoms with E-state index in [4.69, 9.17) is 5.73 Å². The Hall–Kier alpha value is -1.36. The Balaban J connectivity index is 1.80. The maximum atomic E-state index is 11.8. The van der Waals surface area contributed by atoms with E-state index < -0.39 is 0 Å². The molecule has 5 nitrogen and oxygen atoms in total. The number of anilines is 1. The number of nitrogens with one attached hydrogen (secondary N) is 2. The number of aromatic amines is 1. The third-order valence-corrected chi connectivity index (χ3v) is 4.74. The Morgan fingerprint density at radius 2 is 2.10 bits per heavy atom. The summed E-state index contributed by atoms with van der Waals surface area (Å²) < 4.78 is 0. The van der Waals surface area contributed by atoms with E-state index in [-0.39, 0.29) is 11.1 Å². The van der Waals surface area contributed by atoms with Gasteiger partial charge in [0.25, 0.3) is 5.56 Å². The molecule has 2 fully saturated rings. The van der Waals surface area contributed by atoms with E-state index in [1.165, 1.54) is 12.8 Å². The van der Waals surface area contributed by atoms with Gasteiger partial charge >= 0.3 is 0 Å². The zero-order valence-corrected chi connectivity index (χ0v) is 12.1. The summed E-state index contributed by atoms with van der Waals surface area (Å²) in [6.07, 6.45) is 6.74. The molecule has 0 atom stereocenters. The Labute approximate surface area is 119 Å². The van der Waals surface area contributed by atoms with Gasteiger partial charge in [-0.25, -0.2) is 4.98 Å². The zero-order chi connectivity index (χ0) is 14.2. The van der Waals surface area contributed by atoms with Crippen LogP contribution in [0.15, 0.2) is 10.9 Å². The van der Waals surface area contributed by atoms with E-state index in [2.05, 4.69) is 22.2 Å². The summed E-state index contributed by atoms with van der Waals surface area (Å²) >= 11 is 0. The monoisotopic (exact) mass is 276 g/mol. The number of rotatable bonds is 4. The summed E-state index contributed by atoms with van der Waals surface area (Å²) in [4.78, 5) is 19.2. The molecule has 2 aliphatic rings. The van der Waals surface area contributed by atoms with Gasteiger partial charge in [0.15, 0.2) is 0 Å². The van der Waals surface area contributed by atoms with Crippen LogP contribution in [0.1, 0.15) is 57.2 Å². The van der Waals surface area contributed by atoms with Gasteiger partial charge in [-0.1, -0.05) is 6.92 Å². The zero-order valence-electron chi connectivity index (χ0n) is 12.1. The molecule has 3 rings (SSSR count). The number of nitrogens with zero attached hydrogens (tertiary/aromatic N) is 1. The topological polar surface area (TPSA) is 83.8 Å². The number of H-pyrrole nitrogens is 1. The molecule has 2 saturated carbocycles. The largest absolute Gasteiger partial charge is 0.363 e. The highest BCUT2D eigenvalue weighted by atomic mass is 16.1. The van der Waals surface area contributed by atoms with Gasteiger partial charge < -0.3 is 16.0 Å². The van der Waals surface area contributed by atoms with Crippen LogP contribution in [0.3, 0.4) is 0 Å². The first-order chi connectivity index (χ1) is 9.60. The molecule has 4 N–H and O–H groups in total. The van der Waals surface area contributed by atoms with Crippen molar-refractivity contribution in [2.24, 2.45) is 11.7 Å². The third-order valence-electron chi connectivity index (χ3n) is 4.74. The fourth-order valence-corrected chi connectivity index (χ4v) is 3.06. The molecular formula is C15H24N4O. The Morgan fingerprint density at radius 1 is 1.40 bits per heavy atom. The summed E-state index contributed by atoms with van der Waals surface area (Å²) in [5, 5.41) is 3.47. The van der Waals surface area contributed by atoms with Crippen molar-refractivity contribution in [3.05, 3.63) is 22.2 Å². The predicted octanol–water partition coefficient (Wildman–Crippen LogP) is 1.97. The molecule has 0 spiro atoms. The van der Waals surface area contributed by atoms with Crippen molar-refractivity contribution < 1.29 is 0 Å². The van der Waals surface area contributed by atoms with E-state index >= 15 is 0 Å². The van der Waals surface area contributed by atoms with Gasteiger partial charge in [0.05, 0.1) is 5.54 Å². The van der Waals surface area contributed by atoms with Crippen LogP contribution in [-0.4, -0.2) is 22.1 Å². The fraction of sp³-hybridized carbons (Fsp3) is 0.733. The molecule has 1 heterocycles. The first kappa shape index (κ1) is 13.6. The van der Waals surface area contributed by atoms with E-state index in [0.29, 0.717) is 18.3 Å². The highest BCUT2D eigenvalue weighted by Crippen LogP contribution is 2.38. The summed E-state index contributed by atoms with van der Waals surface area (Å²) in [6, 6.07) is 1.56. The van der Waals surface area contributed by atoms with Crippen molar-refractivity contribution in [3.8, 4) is 0 Å². The Bertz CT molecular complexity index is 527. The second-order valence-corrected chi connectivity index (χ2v) is 6.58. The average molecular weight is 276 g/mol. The number of nitrogens with two attached hydrogens (primary N) is 1. The highest BCUT2D eigenvalue weighted by molar-refractivity contribution is 5.38. The molecule has 0 bridgehead atoms. The molecule has 1 aromatic rings. The molecular weight excluding hydrogens is 252 g/mol. The maximum absolute atomic E-state index is 11.8. The van der Waals surface area contributed by atoms with Crippen molar-refractivity contribution in [2.45, 2.75) is 56.9 Å². The van der Waals surface area contributed by atoms with E-state index in [1.54, 1.807) is 6.07 Å². The van der Waals surface area contributed by atoms with Crippen molar-refractivity contribution in [1.82, 2.24) is 9.97 Å². The van der Waals surface area contributed by atoms with Gasteiger partial charge in [-0.2, -0.15) is 0 Å². The summed E-state index contributed by atoms with van der Waals surface area (Å²) in [5.41, 5.74) is 5.85. The minimum Gasteiger partial charge on any atom is -0.363 e. The predicted molar refractivity (Wildman–Crippen MR) is 79.9 cm³/mol. The second kappa shape index (κ2) is 5.20. The van der Waals surface area contributed by atoms with Gasteiger partial charge in [0.1, 0.15) is 11.6 Å². The lowest BCUT2D eigenvalue weighted by Gasteiger charge is -2.39. The molecule has 1 aromatic heterocycles. The van der Waals surface area contributed by atoms with Crippen LogP contribution in [-0.2, 0) is 0 Å². The normalized spacial score (nSPS) is 30.2. The maximum Gasteiger partial charge on any atom is 0.252 e. The quantitative estimate of drug-likeness (QED) is 0.785. The average Bonchev–Trinajstić information content (AvgIpc) is 3.25. The Kier molecular flexibility index (Phi) is 3.54.